The van der Waals surface area contributed by atoms with E-state index in [0.29, 0.717) is 5.69 Å². The number of nitrogens with one attached hydrogen (secondary N) is 3. The average molecular weight is 313 g/mol. The lowest BCUT2D eigenvalue weighted by molar-refractivity contribution is -0.387. The van der Waals surface area contributed by atoms with Gasteiger partial charge in [-0.3, -0.25) is 10.1 Å². The number of hydrogen-bond donors (Lipinski definition) is 3. The molecule has 1 aromatic carbocycles. The first-order valence-corrected chi connectivity index (χ1v) is 7.10. The standard InChI is InChI=1S/C9H11N7O4S/c1-10-6-2-3-8(7(4-6)16(17)18)21(19,20)11-5-9-12-14-15-13-9/h2-4,10-11H,5H2,1H3,(H,12,13,14,15). The number of benzene rings is 1. The molecule has 0 atom stereocenters. The van der Waals surface area contributed by atoms with Crippen molar-refractivity contribution < 1.29 is 13.3 Å². The minimum Gasteiger partial charge on any atom is -0.388 e. The molecule has 1 aromatic heterocycles. The summed E-state index contributed by atoms with van der Waals surface area (Å²) in [6.45, 7) is -0.232. The van der Waals surface area contributed by atoms with Crippen LogP contribution in [0.2, 0.25) is 0 Å². The first-order valence-electron chi connectivity index (χ1n) is 5.62. The van der Waals surface area contributed by atoms with Crippen molar-refractivity contribution in [3.05, 3.63) is 34.1 Å². The topological polar surface area (TPSA) is 156 Å². The first-order chi connectivity index (χ1) is 9.94. The van der Waals surface area contributed by atoms with Crippen LogP contribution < -0.4 is 10.0 Å². The Labute approximate surface area is 119 Å². The second-order valence-corrected chi connectivity index (χ2v) is 5.58. The number of sulfonamides is 1. The van der Waals surface area contributed by atoms with Crippen LogP contribution in [-0.2, 0) is 16.6 Å². The molecule has 11 nitrogen and oxygen atoms in total. The van der Waals surface area contributed by atoms with Gasteiger partial charge in [-0.05, 0) is 12.1 Å². The predicted octanol–water partition coefficient (Wildman–Crippen LogP) is -0.372. The second-order valence-electron chi connectivity index (χ2n) is 3.84. The van der Waals surface area contributed by atoms with Crippen molar-refractivity contribution in [3.63, 3.8) is 0 Å². The van der Waals surface area contributed by atoms with Gasteiger partial charge in [0, 0.05) is 18.8 Å². The summed E-state index contributed by atoms with van der Waals surface area (Å²) >= 11 is 0. The predicted molar refractivity (Wildman–Crippen MR) is 70.8 cm³/mol. The summed E-state index contributed by atoms with van der Waals surface area (Å²) in [7, 11) is -2.51. The van der Waals surface area contributed by atoms with Gasteiger partial charge >= 0.3 is 0 Å². The summed E-state index contributed by atoms with van der Waals surface area (Å²) in [5.41, 5.74) is -0.0960. The van der Waals surface area contributed by atoms with Crippen LogP contribution >= 0.6 is 0 Å². The number of nitrogens with zero attached hydrogens (tertiary/aromatic N) is 4. The van der Waals surface area contributed by atoms with E-state index in [2.05, 4.69) is 30.7 Å². The summed E-state index contributed by atoms with van der Waals surface area (Å²) in [6, 6.07) is 3.72. The van der Waals surface area contributed by atoms with Crippen molar-refractivity contribution in [1.29, 1.82) is 0 Å². The molecule has 0 aliphatic carbocycles. The molecule has 12 heteroatoms. The fraction of sp³-hybridized carbons (Fsp3) is 0.222. The molecular formula is C9H11N7O4S. The van der Waals surface area contributed by atoms with Crippen LogP contribution in [0.15, 0.2) is 23.1 Å². The number of hydrogen-bond acceptors (Lipinski definition) is 8. The molecule has 0 radical (unpaired) electrons. The molecule has 0 unspecified atom stereocenters. The molecule has 0 amide bonds. The van der Waals surface area contributed by atoms with Crippen molar-refractivity contribution in [2.45, 2.75) is 11.4 Å². The van der Waals surface area contributed by atoms with Gasteiger partial charge in [0.15, 0.2) is 10.7 Å². The zero-order chi connectivity index (χ0) is 15.5. The van der Waals surface area contributed by atoms with E-state index in [9.17, 15) is 18.5 Å². The van der Waals surface area contributed by atoms with Crippen LogP contribution in [0.1, 0.15) is 5.82 Å². The van der Waals surface area contributed by atoms with E-state index < -0.39 is 25.5 Å². The third-order valence-electron chi connectivity index (χ3n) is 2.54. The minimum absolute atomic E-state index is 0.119. The van der Waals surface area contributed by atoms with Gasteiger partial charge in [0.25, 0.3) is 5.69 Å². The Morgan fingerprint density at radius 3 is 2.76 bits per heavy atom. The molecule has 3 N–H and O–H groups in total. The van der Waals surface area contributed by atoms with Crippen molar-refractivity contribution in [3.8, 4) is 0 Å². The molecule has 0 fully saturated rings. The molecule has 21 heavy (non-hydrogen) atoms. The molecule has 0 saturated carbocycles. The lowest BCUT2D eigenvalue weighted by Crippen LogP contribution is -2.24. The zero-order valence-corrected chi connectivity index (χ0v) is 11.6. The van der Waals surface area contributed by atoms with Crippen molar-refractivity contribution in [2.75, 3.05) is 12.4 Å². The third kappa shape index (κ3) is 3.29. The van der Waals surface area contributed by atoms with Gasteiger partial charge in [-0.15, -0.1) is 10.2 Å². The van der Waals surface area contributed by atoms with Gasteiger partial charge in [0.1, 0.15) is 0 Å². The number of tetrazole rings is 1. The SMILES string of the molecule is CNc1ccc(S(=O)(=O)NCc2nn[nH]n2)c([N+](=O)[O-])c1. The fourth-order valence-electron chi connectivity index (χ4n) is 1.54. The maximum atomic E-state index is 12.1. The Kier molecular flexibility index (Phi) is 4.09. The maximum Gasteiger partial charge on any atom is 0.291 e. The molecule has 0 spiro atoms. The van der Waals surface area contributed by atoms with Crippen LogP contribution in [-0.4, -0.2) is 41.0 Å². The smallest absolute Gasteiger partial charge is 0.291 e. The van der Waals surface area contributed by atoms with E-state index in [-0.39, 0.29) is 12.4 Å². The van der Waals surface area contributed by atoms with E-state index in [1.807, 2.05) is 0 Å². The highest BCUT2D eigenvalue weighted by Gasteiger charge is 2.26. The molecule has 2 aromatic rings. The average Bonchev–Trinajstić information content (AvgIpc) is 2.98. The zero-order valence-electron chi connectivity index (χ0n) is 10.8. The van der Waals surface area contributed by atoms with Crippen LogP contribution in [0.5, 0.6) is 0 Å². The van der Waals surface area contributed by atoms with E-state index >= 15 is 0 Å². The minimum atomic E-state index is -4.08. The molecule has 1 heterocycles. The van der Waals surface area contributed by atoms with Crippen LogP contribution in [0.25, 0.3) is 0 Å². The highest BCUT2D eigenvalue weighted by atomic mass is 32.2. The van der Waals surface area contributed by atoms with Gasteiger partial charge in [-0.2, -0.15) is 5.21 Å². The number of nitro benzene ring substituents is 1. The molecule has 0 aliphatic heterocycles. The Hall–Kier alpha value is -2.60. The summed E-state index contributed by atoms with van der Waals surface area (Å²) in [5, 5.41) is 26.3. The number of anilines is 1. The van der Waals surface area contributed by atoms with Crippen molar-refractivity contribution >= 4 is 21.4 Å². The monoisotopic (exact) mass is 313 g/mol. The van der Waals surface area contributed by atoms with Crippen LogP contribution in [0.3, 0.4) is 0 Å². The van der Waals surface area contributed by atoms with Gasteiger partial charge in [0.05, 0.1) is 11.5 Å². The largest absolute Gasteiger partial charge is 0.388 e. The van der Waals surface area contributed by atoms with E-state index in [1.54, 1.807) is 7.05 Å². The summed E-state index contributed by atoms with van der Waals surface area (Å²) in [4.78, 5) is 9.82. The quantitative estimate of drug-likeness (QED) is 0.481. The van der Waals surface area contributed by atoms with Gasteiger partial charge in [-0.25, -0.2) is 13.1 Å². The van der Waals surface area contributed by atoms with Gasteiger partial charge in [0.2, 0.25) is 10.0 Å². The lowest BCUT2D eigenvalue weighted by atomic mass is 10.3. The Morgan fingerprint density at radius 2 is 2.19 bits per heavy atom. The Bertz CT molecular complexity index is 743. The Balaban J connectivity index is 2.32. The van der Waals surface area contributed by atoms with Crippen LogP contribution in [0, 0.1) is 10.1 Å². The molecule has 0 saturated heterocycles. The third-order valence-corrected chi connectivity index (χ3v) is 3.99. The maximum absolute atomic E-state index is 12.1. The van der Waals surface area contributed by atoms with Gasteiger partial charge in [-0.1, -0.05) is 5.21 Å². The van der Waals surface area contributed by atoms with Crippen molar-refractivity contribution in [2.24, 2.45) is 0 Å². The highest BCUT2D eigenvalue weighted by Crippen LogP contribution is 2.26. The van der Waals surface area contributed by atoms with E-state index in [1.165, 1.54) is 6.07 Å². The van der Waals surface area contributed by atoms with Crippen molar-refractivity contribution in [1.82, 2.24) is 25.3 Å². The molecule has 112 valence electrons. The van der Waals surface area contributed by atoms with E-state index in [0.717, 1.165) is 12.1 Å². The number of aromatic nitrogens is 4. The summed E-state index contributed by atoms with van der Waals surface area (Å²) in [6.07, 6.45) is 0. The second kappa shape index (κ2) is 5.80. The Morgan fingerprint density at radius 1 is 1.43 bits per heavy atom. The molecule has 0 bridgehead atoms. The first kappa shape index (κ1) is 14.8. The fourth-order valence-corrected chi connectivity index (χ4v) is 2.67. The number of aromatic amines is 1. The molecular weight excluding hydrogens is 302 g/mol. The van der Waals surface area contributed by atoms with E-state index in [4.69, 9.17) is 0 Å². The lowest BCUT2D eigenvalue weighted by Gasteiger charge is -2.07. The summed E-state index contributed by atoms with van der Waals surface area (Å²) in [5.74, 6) is 0.119. The number of rotatable bonds is 6. The summed E-state index contributed by atoms with van der Waals surface area (Å²) < 4.78 is 26.4. The highest BCUT2D eigenvalue weighted by molar-refractivity contribution is 7.89. The number of nitro groups is 1. The number of H-pyrrole nitrogens is 1. The normalized spacial score (nSPS) is 11.3. The van der Waals surface area contributed by atoms with Gasteiger partial charge < -0.3 is 5.32 Å². The molecule has 0 aliphatic rings. The van der Waals surface area contributed by atoms with Crippen LogP contribution in [0.4, 0.5) is 11.4 Å². The molecule has 2 rings (SSSR count).